The number of aliphatic hydroxyl groups excluding tert-OH is 2. The van der Waals surface area contributed by atoms with Gasteiger partial charge in [0, 0.05) is 69.4 Å². The van der Waals surface area contributed by atoms with Crippen molar-refractivity contribution in [3.8, 4) is 11.5 Å². The third-order valence-electron chi connectivity index (χ3n) is 11.6. The number of nitrogens with zero attached hydrogens (tertiary/aromatic N) is 1. The molecule has 0 unspecified atom stereocenters. The lowest BCUT2D eigenvalue weighted by molar-refractivity contribution is -0.160. The zero-order chi connectivity index (χ0) is 43.7. The Morgan fingerprint density at radius 2 is 1.58 bits per heavy atom. The van der Waals surface area contributed by atoms with E-state index in [0.717, 1.165) is 5.56 Å². The molecule has 1 amide bonds. The Bertz CT molecular complexity index is 2140. The van der Waals surface area contributed by atoms with Crippen molar-refractivity contribution in [2.24, 2.45) is 23.7 Å². The van der Waals surface area contributed by atoms with Gasteiger partial charge < -0.3 is 44.5 Å². The second-order valence-corrected chi connectivity index (χ2v) is 15.9. The summed E-state index contributed by atoms with van der Waals surface area (Å²) in [5.74, 6) is -9.23. The predicted octanol–water partition coefficient (Wildman–Crippen LogP) is 5.09. The van der Waals surface area contributed by atoms with Gasteiger partial charge in [0.25, 0.3) is 11.7 Å². The standard InChI is InChI=1S/C45H54N2O12/c1-22-15-14-16-23(2)44(55)46-34-35(47(9)21-29-17-12-11-13-18-29)40(53)31-32(39(34)52)38(51)27(6)42-33(31)43(54)45(8,59-42)57-20-19-30(56-10)24(3)41(58-28(7)48)26(5)37(50)25(4)36(22)49/h11-20,22,24-26,30,36-37,41,49-51H,21H2,1-10H3,(H,46,55)/t22-,24+,25+,26-,30-,36-,37-,41+,45-/m0/s1. The number of amides is 1. The summed E-state index contributed by atoms with van der Waals surface area (Å²) >= 11 is 0. The number of phenols is 1. The third-order valence-corrected chi connectivity index (χ3v) is 11.6. The molecule has 3 heterocycles. The van der Waals surface area contributed by atoms with E-state index in [1.807, 2.05) is 30.3 Å². The summed E-state index contributed by atoms with van der Waals surface area (Å²) in [4.78, 5) is 71.4. The Kier molecular flexibility index (Phi) is 13.4. The molecule has 0 fully saturated rings. The van der Waals surface area contributed by atoms with Gasteiger partial charge in [-0.2, -0.15) is 0 Å². The van der Waals surface area contributed by atoms with Crippen molar-refractivity contribution in [3.05, 3.63) is 106 Å². The van der Waals surface area contributed by atoms with Crippen LogP contribution in [-0.2, 0) is 30.3 Å². The number of hydrogen-bond donors (Lipinski definition) is 4. The lowest BCUT2D eigenvalue weighted by Gasteiger charge is -2.38. The zero-order valence-corrected chi connectivity index (χ0v) is 35.1. The summed E-state index contributed by atoms with van der Waals surface area (Å²) in [7, 11) is 3.00. The van der Waals surface area contributed by atoms with Gasteiger partial charge in [0.05, 0.1) is 41.3 Å². The van der Waals surface area contributed by atoms with E-state index in [1.54, 1.807) is 46.9 Å². The molecule has 1 aliphatic carbocycles. The van der Waals surface area contributed by atoms with Crippen LogP contribution in [0.1, 0.15) is 90.7 Å². The molecular weight excluding hydrogens is 760 g/mol. The van der Waals surface area contributed by atoms with Gasteiger partial charge >= 0.3 is 11.8 Å². The Balaban J connectivity index is 1.68. The average Bonchev–Trinajstić information content (AvgIpc) is 3.46. The largest absolute Gasteiger partial charge is 0.507 e. The number of ether oxygens (including phenoxy) is 4. The molecule has 5 bridgehead atoms. The van der Waals surface area contributed by atoms with Gasteiger partial charge in [0.15, 0.2) is 0 Å². The number of aromatic hydroxyl groups is 1. The van der Waals surface area contributed by atoms with Gasteiger partial charge in [-0.1, -0.05) is 76.3 Å². The maximum atomic E-state index is 14.8. The van der Waals surface area contributed by atoms with Crippen molar-refractivity contribution >= 4 is 29.2 Å². The highest BCUT2D eigenvalue weighted by Crippen LogP contribution is 2.49. The van der Waals surface area contributed by atoms with Crippen LogP contribution in [0, 0.1) is 30.6 Å². The lowest BCUT2D eigenvalue weighted by atomic mass is 9.78. The minimum absolute atomic E-state index is 0.00579. The van der Waals surface area contributed by atoms with Crippen LogP contribution < -0.4 is 10.1 Å². The van der Waals surface area contributed by atoms with Gasteiger partial charge in [-0.05, 0) is 25.5 Å². The highest BCUT2D eigenvalue weighted by molar-refractivity contribution is 6.32. The number of carbonyl (C=O) groups is 5. The first-order valence-electron chi connectivity index (χ1n) is 19.5. The molecule has 2 aromatic rings. The summed E-state index contributed by atoms with van der Waals surface area (Å²) in [6.45, 7) is 12.5. The zero-order valence-electron chi connectivity index (χ0n) is 35.1. The number of fused-ring (bicyclic) bond motifs is 14. The first kappa shape index (κ1) is 44.5. The molecule has 4 aliphatic rings. The molecule has 3 aliphatic heterocycles. The molecule has 14 heteroatoms. The Morgan fingerprint density at radius 1 is 0.915 bits per heavy atom. The van der Waals surface area contributed by atoms with E-state index < -0.39 is 106 Å². The van der Waals surface area contributed by atoms with Crippen molar-refractivity contribution in [2.75, 3.05) is 14.2 Å². The number of benzene rings is 2. The minimum atomic E-state index is -2.09. The van der Waals surface area contributed by atoms with E-state index in [4.69, 9.17) is 18.9 Å². The van der Waals surface area contributed by atoms with Crippen LogP contribution in [-0.4, -0.2) is 93.8 Å². The van der Waals surface area contributed by atoms with Crippen LogP contribution in [0.3, 0.4) is 0 Å². The molecule has 0 spiro atoms. The van der Waals surface area contributed by atoms with E-state index in [-0.39, 0.29) is 34.7 Å². The van der Waals surface area contributed by atoms with Crippen molar-refractivity contribution in [2.45, 2.75) is 92.1 Å². The van der Waals surface area contributed by atoms with Crippen molar-refractivity contribution in [1.29, 1.82) is 0 Å². The molecule has 0 radical (unpaired) electrons. The summed E-state index contributed by atoms with van der Waals surface area (Å²) < 4.78 is 23.5. The number of aliphatic hydroxyl groups is 2. The lowest BCUT2D eigenvalue weighted by Crippen LogP contribution is -2.46. The van der Waals surface area contributed by atoms with Crippen LogP contribution in [0.4, 0.5) is 0 Å². The Hall–Kier alpha value is -5.57. The highest BCUT2D eigenvalue weighted by atomic mass is 16.7. The second kappa shape index (κ2) is 17.7. The molecular formula is C45H54N2O12. The monoisotopic (exact) mass is 814 g/mol. The number of Topliss-reactive ketones (excluding diaryl/α,β-unsaturated/α-hetero) is 3. The molecule has 9 atom stereocenters. The molecule has 316 valence electrons. The van der Waals surface area contributed by atoms with Crippen LogP contribution in [0.2, 0.25) is 0 Å². The number of nitrogens with one attached hydrogen (secondary N) is 1. The van der Waals surface area contributed by atoms with Crippen molar-refractivity contribution in [3.63, 3.8) is 0 Å². The van der Waals surface area contributed by atoms with Gasteiger partial charge in [0.2, 0.25) is 11.6 Å². The maximum absolute atomic E-state index is 14.8. The van der Waals surface area contributed by atoms with E-state index in [2.05, 4.69) is 5.32 Å². The molecule has 6 rings (SSSR count). The average molecular weight is 815 g/mol. The van der Waals surface area contributed by atoms with E-state index in [9.17, 15) is 39.3 Å². The number of methoxy groups -OCH3 is 1. The topological polar surface area (TPSA) is 198 Å². The number of hydrogen-bond acceptors (Lipinski definition) is 13. The van der Waals surface area contributed by atoms with Crippen LogP contribution >= 0.6 is 0 Å². The number of carbonyl (C=O) groups excluding carboxylic acids is 5. The second-order valence-electron chi connectivity index (χ2n) is 15.9. The smallest absolute Gasteiger partial charge is 0.312 e. The molecule has 4 N–H and O–H groups in total. The van der Waals surface area contributed by atoms with Crippen molar-refractivity contribution in [1.82, 2.24) is 10.2 Å². The van der Waals surface area contributed by atoms with Gasteiger partial charge in [0.1, 0.15) is 29.0 Å². The number of esters is 1. The SMILES string of the molecule is CO[C@H]1C=CO[C@@]2(C)Oc3c(C)c(O)c4c(c3C2=O)C(=O)C(N(C)Cc2ccccc2)=C(NC(=O)C(C)=CC=C[C@H](C)[C@H](O)[C@@H](C)[C@H](O)[C@H](C)[C@H](OC(C)=O)[C@@H]1C)C4=O. The molecule has 59 heavy (non-hydrogen) atoms. The predicted molar refractivity (Wildman–Crippen MR) is 216 cm³/mol. The molecule has 0 aromatic heterocycles. The summed E-state index contributed by atoms with van der Waals surface area (Å²) in [5.41, 5.74) is -0.842. The fraction of sp³-hybridized carbons (Fsp3) is 0.444. The van der Waals surface area contributed by atoms with Crippen LogP contribution in [0.15, 0.2) is 77.9 Å². The third kappa shape index (κ3) is 8.61. The summed E-state index contributed by atoms with van der Waals surface area (Å²) in [6.07, 6.45) is 3.41. The minimum Gasteiger partial charge on any atom is -0.507 e. The van der Waals surface area contributed by atoms with E-state index >= 15 is 0 Å². The van der Waals surface area contributed by atoms with Crippen LogP contribution in [0.5, 0.6) is 11.5 Å². The number of allylic oxidation sites excluding steroid dienone is 4. The fourth-order valence-electron chi connectivity index (χ4n) is 7.98. The fourth-order valence-corrected chi connectivity index (χ4v) is 7.98. The molecule has 14 nitrogen and oxygen atoms in total. The summed E-state index contributed by atoms with van der Waals surface area (Å²) in [6, 6.07) is 9.10. The van der Waals surface area contributed by atoms with E-state index in [0.29, 0.717) is 0 Å². The first-order valence-corrected chi connectivity index (χ1v) is 19.5. The van der Waals surface area contributed by atoms with Crippen molar-refractivity contribution < 1.29 is 58.2 Å². The van der Waals surface area contributed by atoms with Gasteiger partial charge in [-0.15, -0.1) is 0 Å². The molecule has 2 aromatic carbocycles. The van der Waals surface area contributed by atoms with Gasteiger partial charge in [-0.25, -0.2) is 0 Å². The van der Waals surface area contributed by atoms with Gasteiger partial charge in [-0.3, -0.25) is 24.0 Å². The quantitative estimate of drug-likeness (QED) is 0.292. The first-order chi connectivity index (χ1) is 27.7. The molecule has 0 saturated carbocycles. The van der Waals surface area contributed by atoms with Crippen LogP contribution in [0.25, 0.3) is 0 Å². The number of likely N-dealkylation sites (N-methyl/N-ethyl adjacent to an activating group) is 1. The maximum Gasteiger partial charge on any atom is 0.312 e. The number of ketones is 3. The number of phenolic OH excluding ortho intramolecular Hbond substituents is 1. The highest BCUT2D eigenvalue weighted by Gasteiger charge is 2.53. The number of rotatable bonds is 5. The summed E-state index contributed by atoms with van der Waals surface area (Å²) in [5, 5.41) is 37.0. The normalized spacial score (nSPS) is 29.1. The Labute approximate surface area is 344 Å². The molecule has 0 saturated heterocycles. The Morgan fingerprint density at radius 3 is 2.20 bits per heavy atom. The van der Waals surface area contributed by atoms with E-state index in [1.165, 1.54) is 58.1 Å².